The average Bonchev–Trinajstić information content (AvgIpc) is 3.28. The first-order chi connectivity index (χ1) is 16.3. The quantitative estimate of drug-likeness (QED) is 0.466. The van der Waals surface area contributed by atoms with E-state index in [0.29, 0.717) is 22.9 Å². The summed E-state index contributed by atoms with van der Waals surface area (Å²) in [5.74, 6) is -0.714. The number of aromatic nitrogens is 3. The highest BCUT2D eigenvalue weighted by Crippen LogP contribution is 2.25. The highest BCUT2D eigenvalue weighted by Gasteiger charge is 2.23. The van der Waals surface area contributed by atoms with Crippen LogP contribution in [0.2, 0.25) is 0 Å². The molecule has 2 N–H and O–H groups in total. The number of nitrogens with one attached hydrogen (secondary N) is 2. The second-order valence-corrected chi connectivity index (χ2v) is 7.80. The van der Waals surface area contributed by atoms with E-state index < -0.39 is 24.4 Å². The van der Waals surface area contributed by atoms with Crippen LogP contribution in [-0.4, -0.2) is 52.8 Å². The van der Waals surface area contributed by atoms with Crippen LogP contribution in [0.4, 0.5) is 5.69 Å². The number of aryl methyl sites for hydroxylation is 1. The van der Waals surface area contributed by atoms with Gasteiger partial charge >= 0.3 is 5.97 Å². The predicted molar refractivity (Wildman–Crippen MR) is 125 cm³/mol. The molecule has 34 heavy (non-hydrogen) atoms. The molecule has 0 radical (unpaired) electrons. The smallest absolute Gasteiger partial charge is 0.342 e. The fraction of sp³-hybridized carbons (Fsp3) is 0.292. The summed E-state index contributed by atoms with van der Waals surface area (Å²) < 4.78 is 12.0. The van der Waals surface area contributed by atoms with Gasteiger partial charge in [-0.15, -0.1) is 0 Å². The molecule has 2 amide bonds. The van der Waals surface area contributed by atoms with E-state index in [2.05, 4.69) is 20.7 Å². The van der Waals surface area contributed by atoms with Crippen molar-refractivity contribution < 1.29 is 23.9 Å². The summed E-state index contributed by atoms with van der Waals surface area (Å²) in [4.78, 5) is 41.2. The van der Waals surface area contributed by atoms with E-state index in [0.717, 1.165) is 5.56 Å². The normalized spacial score (nSPS) is 10.6. The predicted octanol–water partition coefficient (Wildman–Crippen LogP) is 2.62. The summed E-state index contributed by atoms with van der Waals surface area (Å²) in [6.45, 7) is 4.90. The van der Waals surface area contributed by atoms with Gasteiger partial charge < -0.3 is 20.1 Å². The molecule has 10 heteroatoms. The minimum absolute atomic E-state index is 0.0526. The Morgan fingerprint density at radius 3 is 2.59 bits per heavy atom. The van der Waals surface area contributed by atoms with Crippen molar-refractivity contribution in [3.8, 4) is 11.6 Å². The SMILES string of the molecule is COc1ccc(C)cc1NC(=O)CNC(=O)COC(=O)c1cnn(-c2ccccn2)c1C(C)C. The second-order valence-electron chi connectivity index (χ2n) is 7.80. The van der Waals surface area contributed by atoms with Crippen molar-refractivity contribution >= 4 is 23.5 Å². The number of carbonyl (C=O) groups excluding carboxylic acids is 3. The van der Waals surface area contributed by atoms with Gasteiger partial charge in [-0.05, 0) is 42.7 Å². The number of carbonyl (C=O) groups is 3. The Labute approximate surface area is 197 Å². The molecule has 2 aromatic heterocycles. The molecule has 0 atom stereocenters. The lowest BCUT2D eigenvalue weighted by molar-refractivity contribution is -0.126. The summed E-state index contributed by atoms with van der Waals surface area (Å²) in [6, 6.07) is 10.7. The van der Waals surface area contributed by atoms with Crippen LogP contribution < -0.4 is 15.4 Å². The highest BCUT2D eigenvalue weighted by atomic mass is 16.5. The van der Waals surface area contributed by atoms with Crippen LogP contribution in [0.15, 0.2) is 48.8 Å². The number of rotatable bonds is 9. The van der Waals surface area contributed by atoms with Crippen LogP contribution in [0.1, 0.15) is 41.4 Å². The first kappa shape index (κ1) is 24.4. The summed E-state index contributed by atoms with van der Waals surface area (Å²) in [5.41, 5.74) is 2.31. The maximum Gasteiger partial charge on any atom is 0.342 e. The minimum Gasteiger partial charge on any atom is -0.495 e. The lowest BCUT2D eigenvalue weighted by atomic mass is 10.1. The molecule has 0 saturated carbocycles. The van der Waals surface area contributed by atoms with Crippen LogP contribution >= 0.6 is 0 Å². The summed E-state index contributed by atoms with van der Waals surface area (Å²) in [6.07, 6.45) is 3.03. The Morgan fingerprint density at radius 2 is 1.91 bits per heavy atom. The van der Waals surface area contributed by atoms with Crippen LogP contribution in [-0.2, 0) is 14.3 Å². The third kappa shape index (κ3) is 5.97. The Kier molecular flexibility index (Phi) is 7.96. The highest BCUT2D eigenvalue weighted by molar-refractivity contribution is 5.96. The molecule has 0 saturated heterocycles. The van der Waals surface area contributed by atoms with E-state index >= 15 is 0 Å². The molecular formula is C24H27N5O5. The van der Waals surface area contributed by atoms with Gasteiger partial charge in [0.25, 0.3) is 5.91 Å². The van der Waals surface area contributed by atoms with Crippen molar-refractivity contribution in [3.05, 3.63) is 65.6 Å². The first-order valence-electron chi connectivity index (χ1n) is 10.7. The first-order valence-corrected chi connectivity index (χ1v) is 10.7. The number of hydrogen-bond acceptors (Lipinski definition) is 7. The third-order valence-corrected chi connectivity index (χ3v) is 4.85. The van der Waals surface area contributed by atoms with Crippen molar-refractivity contribution in [1.29, 1.82) is 0 Å². The maximum atomic E-state index is 12.6. The van der Waals surface area contributed by atoms with Crippen LogP contribution in [0, 0.1) is 6.92 Å². The zero-order chi connectivity index (χ0) is 24.7. The van der Waals surface area contributed by atoms with Gasteiger partial charge in [0, 0.05) is 6.20 Å². The van der Waals surface area contributed by atoms with E-state index in [1.54, 1.807) is 35.1 Å². The molecule has 0 unspecified atom stereocenters. The van der Waals surface area contributed by atoms with Gasteiger partial charge in [0.05, 0.1) is 31.2 Å². The molecule has 178 valence electrons. The molecule has 0 aliphatic heterocycles. The van der Waals surface area contributed by atoms with E-state index in [9.17, 15) is 14.4 Å². The van der Waals surface area contributed by atoms with Crippen molar-refractivity contribution in [2.75, 3.05) is 25.6 Å². The Hall–Kier alpha value is -4.21. The lowest BCUT2D eigenvalue weighted by Crippen LogP contribution is -2.35. The molecule has 3 aromatic rings. The Balaban J connectivity index is 1.55. The Bertz CT molecular complexity index is 1170. The van der Waals surface area contributed by atoms with E-state index in [4.69, 9.17) is 9.47 Å². The number of ether oxygens (including phenoxy) is 2. The van der Waals surface area contributed by atoms with Crippen LogP contribution in [0.25, 0.3) is 5.82 Å². The van der Waals surface area contributed by atoms with Crippen LogP contribution in [0.5, 0.6) is 5.75 Å². The molecule has 3 rings (SSSR count). The maximum absolute atomic E-state index is 12.6. The molecule has 2 heterocycles. The van der Waals surface area contributed by atoms with E-state index in [1.165, 1.54) is 13.3 Å². The number of nitrogens with zero attached hydrogens (tertiary/aromatic N) is 3. The van der Waals surface area contributed by atoms with Gasteiger partial charge in [0.15, 0.2) is 12.4 Å². The summed E-state index contributed by atoms with van der Waals surface area (Å²) in [7, 11) is 1.50. The van der Waals surface area contributed by atoms with Gasteiger partial charge in [0.1, 0.15) is 11.3 Å². The molecule has 0 aliphatic rings. The summed E-state index contributed by atoms with van der Waals surface area (Å²) >= 11 is 0. The van der Waals surface area contributed by atoms with Gasteiger partial charge in [-0.2, -0.15) is 5.10 Å². The molecule has 0 aliphatic carbocycles. The van der Waals surface area contributed by atoms with Gasteiger partial charge in [-0.1, -0.05) is 26.0 Å². The molecule has 0 spiro atoms. The van der Waals surface area contributed by atoms with Gasteiger partial charge in [-0.25, -0.2) is 14.5 Å². The summed E-state index contributed by atoms with van der Waals surface area (Å²) in [5, 5.41) is 9.38. The lowest BCUT2D eigenvalue weighted by Gasteiger charge is -2.12. The van der Waals surface area contributed by atoms with Crippen molar-refractivity contribution in [3.63, 3.8) is 0 Å². The van der Waals surface area contributed by atoms with Crippen LogP contribution in [0.3, 0.4) is 0 Å². The van der Waals surface area contributed by atoms with E-state index in [-0.39, 0.29) is 18.0 Å². The monoisotopic (exact) mass is 465 g/mol. The largest absolute Gasteiger partial charge is 0.495 e. The third-order valence-electron chi connectivity index (χ3n) is 4.85. The average molecular weight is 466 g/mol. The fourth-order valence-corrected chi connectivity index (χ4v) is 3.28. The zero-order valence-electron chi connectivity index (χ0n) is 19.5. The van der Waals surface area contributed by atoms with Crippen molar-refractivity contribution in [2.45, 2.75) is 26.7 Å². The second kappa shape index (κ2) is 11.1. The number of hydrogen-bond donors (Lipinski definition) is 2. The number of anilines is 1. The molecular weight excluding hydrogens is 438 g/mol. The number of pyridine rings is 1. The zero-order valence-corrected chi connectivity index (χ0v) is 19.5. The fourth-order valence-electron chi connectivity index (χ4n) is 3.28. The molecule has 0 fully saturated rings. The molecule has 1 aromatic carbocycles. The molecule has 10 nitrogen and oxygen atoms in total. The standard InChI is InChI=1S/C24H27N5O5/c1-15(2)23-17(12-27-29(23)20-7-5-6-10-25-20)24(32)34-14-22(31)26-13-21(30)28-18-11-16(3)8-9-19(18)33-4/h5-12,15H,13-14H2,1-4H3,(H,26,31)(H,28,30). The minimum atomic E-state index is -0.685. The number of methoxy groups -OCH3 is 1. The van der Waals surface area contributed by atoms with Crippen molar-refractivity contribution in [1.82, 2.24) is 20.1 Å². The molecule has 0 bridgehead atoms. The Morgan fingerprint density at radius 1 is 1.12 bits per heavy atom. The van der Waals surface area contributed by atoms with E-state index in [1.807, 2.05) is 32.9 Å². The van der Waals surface area contributed by atoms with Gasteiger partial charge in [0.2, 0.25) is 5.91 Å². The topological polar surface area (TPSA) is 124 Å². The number of amides is 2. The number of esters is 1. The number of benzene rings is 1. The van der Waals surface area contributed by atoms with Crippen molar-refractivity contribution in [2.24, 2.45) is 0 Å². The van der Waals surface area contributed by atoms with Gasteiger partial charge in [-0.3, -0.25) is 9.59 Å².